The van der Waals surface area contributed by atoms with Crippen molar-refractivity contribution in [2.24, 2.45) is 0 Å². The number of rotatable bonds is 0. The quantitative estimate of drug-likeness (QED) is 0.541. The molecule has 0 aliphatic carbocycles. The van der Waals surface area contributed by atoms with Gasteiger partial charge in [-0.1, -0.05) is 20.8 Å². The van der Waals surface area contributed by atoms with Crippen LogP contribution >= 0.6 is 0 Å². The van der Waals surface area contributed by atoms with Crippen molar-refractivity contribution in [2.45, 2.75) is 33.1 Å². The third-order valence-electron chi connectivity index (χ3n) is 1.95. The smallest absolute Gasteiger partial charge is 0.216 e. The molecular weight excluding hydrogens is 153 g/mol. The van der Waals surface area contributed by atoms with Crippen LogP contribution in [-0.4, -0.2) is 4.98 Å². The fourth-order valence-corrected chi connectivity index (χ4v) is 1.32. The van der Waals surface area contributed by atoms with E-state index in [0.29, 0.717) is 5.56 Å². The van der Waals surface area contributed by atoms with E-state index in [4.69, 9.17) is 0 Å². The molecule has 1 aromatic heterocycles. The fraction of sp³-hybridized carbons (Fsp3) is 0.500. The number of pyridine rings is 1. The highest BCUT2D eigenvalue weighted by Crippen LogP contribution is 2.25. The van der Waals surface area contributed by atoms with Gasteiger partial charge >= 0.3 is 0 Å². The molecule has 1 nitrogen and oxygen atoms in total. The molecule has 0 aliphatic heterocycles. The Morgan fingerprint density at radius 2 is 1.92 bits per heavy atom. The van der Waals surface area contributed by atoms with Crippen LogP contribution in [0.15, 0.2) is 12.3 Å². The van der Waals surface area contributed by atoms with E-state index in [-0.39, 0.29) is 11.4 Å². The van der Waals surface area contributed by atoms with Gasteiger partial charge in [-0.2, -0.15) is 4.39 Å². The van der Waals surface area contributed by atoms with E-state index >= 15 is 0 Å². The minimum absolute atomic E-state index is 0.00609. The van der Waals surface area contributed by atoms with Crippen molar-refractivity contribution in [3.63, 3.8) is 0 Å². The molecule has 0 aliphatic rings. The Kier molecular flexibility index (Phi) is 2.18. The molecule has 1 heterocycles. The van der Waals surface area contributed by atoms with Crippen LogP contribution in [0, 0.1) is 12.9 Å². The van der Waals surface area contributed by atoms with Crippen molar-refractivity contribution in [1.82, 2.24) is 4.98 Å². The second-order valence-corrected chi connectivity index (χ2v) is 4.02. The lowest BCUT2D eigenvalue weighted by Crippen LogP contribution is -2.14. The average molecular weight is 167 g/mol. The molecule has 2 heteroatoms. The highest BCUT2D eigenvalue weighted by atomic mass is 19.1. The van der Waals surface area contributed by atoms with Crippen LogP contribution < -0.4 is 0 Å². The van der Waals surface area contributed by atoms with Crippen LogP contribution in [0.3, 0.4) is 0 Å². The molecule has 0 saturated carbocycles. The maximum absolute atomic E-state index is 13.0. The Hall–Kier alpha value is -0.920. The third-order valence-corrected chi connectivity index (χ3v) is 1.95. The van der Waals surface area contributed by atoms with E-state index in [1.165, 1.54) is 6.20 Å². The van der Waals surface area contributed by atoms with E-state index in [1.54, 1.807) is 6.92 Å². The van der Waals surface area contributed by atoms with Gasteiger partial charge in [0.25, 0.3) is 0 Å². The first-order valence-electron chi connectivity index (χ1n) is 4.04. The number of aromatic nitrogens is 1. The zero-order chi connectivity index (χ0) is 9.35. The van der Waals surface area contributed by atoms with Crippen molar-refractivity contribution >= 4 is 0 Å². The molecule has 1 rings (SSSR count). The van der Waals surface area contributed by atoms with Crippen LogP contribution in [0.25, 0.3) is 0 Å². The summed E-state index contributed by atoms with van der Waals surface area (Å²) in [7, 11) is 0. The lowest BCUT2D eigenvalue weighted by Gasteiger charge is -2.21. The monoisotopic (exact) mass is 167 g/mol. The first-order valence-corrected chi connectivity index (χ1v) is 4.04. The highest BCUT2D eigenvalue weighted by molar-refractivity contribution is 5.29. The average Bonchev–Trinajstić information content (AvgIpc) is 1.92. The maximum Gasteiger partial charge on any atom is 0.216 e. The minimum atomic E-state index is -0.359. The molecule has 0 aromatic carbocycles. The molecule has 0 atom stereocenters. The zero-order valence-electron chi connectivity index (χ0n) is 7.98. The van der Waals surface area contributed by atoms with Crippen molar-refractivity contribution < 1.29 is 4.39 Å². The molecule has 0 unspecified atom stereocenters. The Labute approximate surface area is 72.6 Å². The largest absolute Gasteiger partial charge is 0.228 e. The highest BCUT2D eigenvalue weighted by Gasteiger charge is 2.17. The molecule has 66 valence electrons. The molecule has 0 amide bonds. The SMILES string of the molecule is Cc1c(C(C)(C)C)ccnc1F. The predicted molar refractivity (Wildman–Crippen MR) is 47.6 cm³/mol. The first kappa shape index (κ1) is 9.17. The third kappa shape index (κ3) is 1.63. The Morgan fingerprint density at radius 1 is 1.33 bits per heavy atom. The standard InChI is InChI=1S/C10H14FN/c1-7-8(10(2,3)4)5-6-12-9(7)11/h5-6H,1-4H3. The zero-order valence-corrected chi connectivity index (χ0v) is 7.98. The van der Waals surface area contributed by atoms with Gasteiger partial charge in [0.2, 0.25) is 5.95 Å². The van der Waals surface area contributed by atoms with E-state index < -0.39 is 0 Å². The van der Waals surface area contributed by atoms with Gasteiger partial charge in [-0.25, -0.2) is 4.98 Å². The van der Waals surface area contributed by atoms with Crippen LogP contribution in [-0.2, 0) is 5.41 Å². The summed E-state index contributed by atoms with van der Waals surface area (Å²) in [6.07, 6.45) is 1.52. The Balaban J connectivity index is 3.26. The van der Waals surface area contributed by atoms with Gasteiger partial charge < -0.3 is 0 Å². The predicted octanol–water partition coefficient (Wildman–Crippen LogP) is 2.83. The summed E-state index contributed by atoms with van der Waals surface area (Å²) in [5, 5.41) is 0. The summed E-state index contributed by atoms with van der Waals surface area (Å²) in [6.45, 7) is 7.96. The molecule has 0 N–H and O–H groups in total. The second kappa shape index (κ2) is 2.85. The minimum Gasteiger partial charge on any atom is -0.228 e. The lowest BCUT2D eigenvalue weighted by molar-refractivity contribution is 0.540. The summed E-state index contributed by atoms with van der Waals surface area (Å²) in [6, 6.07) is 1.87. The summed E-state index contributed by atoms with van der Waals surface area (Å²) in [5.74, 6) is -0.359. The van der Waals surface area contributed by atoms with Gasteiger partial charge in [0.05, 0.1) is 0 Å². The molecule has 0 radical (unpaired) electrons. The van der Waals surface area contributed by atoms with Gasteiger partial charge in [-0.15, -0.1) is 0 Å². The van der Waals surface area contributed by atoms with E-state index in [9.17, 15) is 4.39 Å². The topological polar surface area (TPSA) is 12.9 Å². The maximum atomic E-state index is 13.0. The summed E-state index contributed by atoms with van der Waals surface area (Å²) in [4.78, 5) is 3.59. The van der Waals surface area contributed by atoms with Crippen molar-refractivity contribution in [3.8, 4) is 0 Å². The Bertz CT molecular complexity index is 286. The van der Waals surface area contributed by atoms with Gasteiger partial charge in [0.15, 0.2) is 0 Å². The number of hydrogen-bond donors (Lipinski definition) is 0. The normalized spacial score (nSPS) is 11.8. The molecular formula is C10H14FN. The van der Waals surface area contributed by atoms with Crippen molar-refractivity contribution in [2.75, 3.05) is 0 Å². The van der Waals surface area contributed by atoms with Crippen molar-refractivity contribution in [1.29, 1.82) is 0 Å². The molecule has 0 saturated heterocycles. The van der Waals surface area contributed by atoms with Gasteiger partial charge in [0, 0.05) is 11.8 Å². The van der Waals surface area contributed by atoms with Gasteiger partial charge in [-0.3, -0.25) is 0 Å². The van der Waals surface area contributed by atoms with Crippen LogP contribution in [0.5, 0.6) is 0 Å². The van der Waals surface area contributed by atoms with Gasteiger partial charge in [0.1, 0.15) is 0 Å². The summed E-state index contributed by atoms with van der Waals surface area (Å²) < 4.78 is 13.0. The Morgan fingerprint density at radius 3 is 2.33 bits per heavy atom. The number of nitrogens with zero attached hydrogens (tertiary/aromatic N) is 1. The molecule has 0 bridgehead atoms. The molecule has 12 heavy (non-hydrogen) atoms. The molecule has 0 fully saturated rings. The van der Waals surface area contributed by atoms with E-state index in [1.807, 2.05) is 6.07 Å². The molecule has 0 spiro atoms. The van der Waals surface area contributed by atoms with Gasteiger partial charge in [-0.05, 0) is 24.0 Å². The number of halogens is 1. The van der Waals surface area contributed by atoms with Crippen molar-refractivity contribution in [3.05, 3.63) is 29.3 Å². The van der Waals surface area contributed by atoms with E-state index in [0.717, 1.165) is 5.56 Å². The summed E-state index contributed by atoms with van der Waals surface area (Å²) in [5.41, 5.74) is 1.67. The van der Waals surface area contributed by atoms with Crippen LogP contribution in [0.2, 0.25) is 0 Å². The lowest BCUT2D eigenvalue weighted by atomic mass is 9.85. The second-order valence-electron chi connectivity index (χ2n) is 4.02. The number of hydrogen-bond acceptors (Lipinski definition) is 1. The first-order chi connectivity index (χ1) is 5.43. The molecule has 1 aromatic rings. The van der Waals surface area contributed by atoms with E-state index in [2.05, 4.69) is 25.8 Å². The van der Waals surface area contributed by atoms with Crippen LogP contribution in [0.1, 0.15) is 31.9 Å². The van der Waals surface area contributed by atoms with Crippen LogP contribution in [0.4, 0.5) is 4.39 Å². The summed E-state index contributed by atoms with van der Waals surface area (Å²) >= 11 is 0. The fourth-order valence-electron chi connectivity index (χ4n) is 1.32.